The number of aryl methyl sites for hydroxylation is 1. The number of aromatic nitrogens is 4. The van der Waals surface area contributed by atoms with Crippen LogP contribution < -0.4 is 0 Å². The van der Waals surface area contributed by atoms with Gasteiger partial charge in [0.2, 0.25) is 0 Å². The van der Waals surface area contributed by atoms with Crippen molar-refractivity contribution in [2.45, 2.75) is 38.6 Å². The number of imidazole rings is 2. The van der Waals surface area contributed by atoms with Gasteiger partial charge in [0.05, 0.1) is 0 Å². The van der Waals surface area contributed by atoms with Gasteiger partial charge >= 0.3 is 0 Å². The lowest BCUT2D eigenvalue weighted by Crippen LogP contribution is -2.16. The number of halogens is 1. The third-order valence-electron chi connectivity index (χ3n) is 4.12. The van der Waals surface area contributed by atoms with Crippen molar-refractivity contribution in [1.82, 2.24) is 24.4 Å². The van der Waals surface area contributed by atoms with E-state index in [2.05, 4.69) is 38.4 Å². The van der Waals surface area contributed by atoms with Crippen LogP contribution in [0.3, 0.4) is 0 Å². The van der Waals surface area contributed by atoms with E-state index < -0.39 is 0 Å². The number of rotatable bonds is 5. The molecule has 1 saturated heterocycles. The Bertz CT molecular complexity index is 603. The third kappa shape index (κ3) is 2.99. The van der Waals surface area contributed by atoms with Crippen LogP contribution in [0.5, 0.6) is 0 Å². The number of aromatic amines is 1. The molecule has 1 atom stereocenters. The van der Waals surface area contributed by atoms with E-state index in [4.69, 9.17) is 11.6 Å². The molecule has 3 rings (SSSR count). The van der Waals surface area contributed by atoms with Crippen LogP contribution in [-0.4, -0.2) is 44.6 Å². The van der Waals surface area contributed by atoms with Crippen LogP contribution >= 0.6 is 11.6 Å². The number of nitrogens with one attached hydrogen (secondary N) is 1. The highest BCUT2D eigenvalue weighted by molar-refractivity contribution is 6.31. The molecule has 0 radical (unpaired) electrons. The maximum Gasteiger partial charge on any atom is 0.162 e. The van der Waals surface area contributed by atoms with Crippen LogP contribution in [-0.2, 0) is 6.42 Å². The maximum atomic E-state index is 6.34. The van der Waals surface area contributed by atoms with Gasteiger partial charge in [0.1, 0.15) is 16.7 Å². The van der Waals surface area contributed by atoms with Gasteiger partial charge in [0.15, 0.2) is 5.82 Å². The summed E-state index contributed by atoms with van der Waals surface area (Å²) in [7, 11) is 2.15. The number of likely N-dealkylation sites (tertiary alicyclic amines) is 1. The molecule has 21 heavy (non-hydrogen) atoms. The van der Waals surface area contributed by atoms with E-state index in [-0.39, 0.29) is 0 Å². The molecule has 5 nitrogen and oxygen atoms in total. The van der Waals surface area contributed by atoms with Crippen molar-refractivity contribution in [1.29, 1.82) is 0 Å². The molecule has 114 valence electrons. The van der Waals surface area contributed by atoms with Gasteiger partial charge in [-0.1, -0.05) is 24.9 Å². The van der Waals surface area contributed by atoms with Crippen molar-refractivity contribution in [3.8, 4) is 11.5 Å². The number of unbranched alkanes of at least 4 members (excludes halogenated alkanes) is 1. The molecule has 2 aromatic heterocycles. The predicted octanol–water partition coefficient (Wildman–Crippen LogP) is 3.15. The Hall–Kier alpha value is -1.33. The molecule has 1 aliphatic heterocycles. The normalized spacial score (nSPS) is 19.5. The van der Waals surface area contributed by atoms with Gasteiger partial charge in [-0.2, -0.15) is 0 Å². The van der Waals surface area contributed by atoms with Gasteiger partial charge in [0.25, 0.3) is 0 Å². The average molecular weight is 308 g/mol. The predicted molar refractivity (Wildman–Crippen MR) is 84.6 cm³/mol. The summed E-state index contributed by atoms with van der Waals surface area (Å²) < 4.78 is 2.22. The zero-order valence-corrected chi connectivity index (χ0v) is 13.4. The molecular weight excluding hydrogens is 286 g/mol. The Morgan fingerprint density at radius 2 is 2.33 bits per heavy atom. The second-order valence-corrected chi connectivity index (χ2v) is 6.19. The van der Waals surface area contributed by atoms with Crippen molar-refractivity contribution in [3.05, 3.63) is 23.4 Å². The Morgan fingerprint density at radius 1 is 1.48 bits per heavy atom. The highest BCUT2D eigenvalue weighted by atomic mass is 35.5. The highest BCUT2D eigenvalue weighted by Crippen LogP contribution is 2.29. The van der Waals surface area contributed by atoms with Crippen molar-refractivity contribution >= 4 is 11.6 Å². The zero-order chi connectivity index (χ0) is 14.8. The lowest BCUT2D eigenvalue weighted by molar-refractivity contribution is 0.393. The van der Waals surface area contributed by atoms with Gasteiger partial charge < -0.3 is 14.5 Å². The van der Waals surface area contributed by atoms with Crippen LogP contribution in [0.4, 0.5) is 0 Å². The summed E-state index contributed by atoms with van der Waals surface area (Å²) >= 11 is 6.34. The minimum Gasteiger partial charge on any atom is -0.332 e. The molecule has 1 aliphatic rings. The molecule has 1 unspecified atom stereocenters. The van der Waals surface area contributed by atoms with Gasteiger partial charge in [-0.25, -0.2) is 9.97 Å². The van der Waals surface area contributed by atoms with Crippen molar-refractivity contribution in [3.63, 3.8) is 0 Å². The van der Waals surface area contributed by atoms with E-state index in [0.717, 1.165) is 56.1 Å². The summed E-state index contributed by atoms with van der Waals surface area (Å²) in [6.07, 6.45) is 8.22. The number of hydrogen-bond acceptors (Lipinski definition) is 3. The molecular formula is C15H22ClN5. The smallest absolute Gasteiger partial charge is 0.162 e. The second-order valence-electron chi connectivity index (χ2n) is 5.81. The van der Waals surface area contributed by atoms with Crippen LogP contribution in [0.25, 0.3) is 11.5 Å². The first-order valence-corrected chi connectivity index (χ1v) is 8.03. The molecule has 0 aromatic carbocycles. The lowest BCUT2D eigenvalue weighted by atomic mass is 10.2. The fraction of sp³-hybridized carbons (Fsp3) is 0.600. The van der Waals surface area contributed by atoms with Gasteiger partial charge in [-0.05, 0) is 26.4 Å². The third-order valence-corrected chi connectivity index (χ3v) is 4.39. The van der Waals surface area contributed by atoms with E-state index in [9.17, 15) is 0 Å². The van der Waals surface area contributed by atoms with Crippen molar-refractivity contribution in [2.24, 2.45) is 0 Å². The van der Waals surface area contributed by atoms with E-state index in [1.165, 1.54) is 0 Å². The number of nitrogens with zero attached hydrogens (tertiary/aromatic N) is 4. The molecule has 0 bridgehead atoms. The fourth-order valence-corrected chi connectivity index (χ4v) is 3.17. The Kier molecular flexibility index (Phi) is 4.31. The molecule has 3 heterocycles. The van der Waals surface area contributed by atoms with Gasteiger partial charge in [-0.15, -0.1) is 0 Å². The first kappa shape index (κ1) is 14.6. The molecule has 0 amide bonds. The Labute approximate surface area is 130 Å². The fourth-order valence-electron chi connectivity index (χ4n) is 2.94. The minimum absolute atomic E-state index is 0.458. The summed E-state index contributed by atoms with van der Waals surface area (Å²) in [6.45, 7) is 4.35. The average Bonchev–Trinajstić information content (AvgIpc) is 3.15. The number of H-pyrrole nitrogens is 1. The number of likely N-dealkylation sites (N-methyl/N-ethyl adjacent to an activating group) is 1. The van der Waals surface area contributed by atoms with Crippen molar-refractivity contribution < 1.29 is 0 Å². The topological polar surface area (TPSA) is 49.7 Å². The summed E-state index contributed by atoms with van der Waals surface area (Å²) in [5.41, 5.74) is 0.780. The molecule has 1 fully saturated rings. The molecule has 6 heteroatoms. The minimum atomic E-state index is 0.458. The molecule has 2 aromatic rings. The van der Waals surface area contributed by atoms with Crippen LogP contribution in [0, 0.1) is 0 Å². The largest absolute Gasteiger partial charge is 0.332 e. The molecule has 0 saturated carbocycles. The first-order valence-electron chi connectivity index (χ1n) is 7.65. The molecule has 0 aliphatic carbocycles. The van der Waals surface area contributed by atoms with Crippen molar-refractivity contribution in [2.75, 3.05) is 20.1 Å². The molecule has 0 spiro atoms. The number of hydrogen-bond donors (Lipinski definition) is 1. The van der Waals surface area contributed by atoms with E-state index in [1.54, 1.807) is 0 Å². The Morgan fingerprint density at radius 3 is 3.05 bits per heavy atom. The zero-order valence-electron chi connectivity index (χ0n) is 12.6. The summed E-state index contributed by atoms with van der Waals surface area (Å²) in [4.78, 5) is 14.7. The van der Waals surface area contributed by atoms with Gasteiger partial charge in [0, 0.05) is 31.4 Å². The second kappa shape index (κ2) is 6.20. The monoisotopic (exact) mass is 307 g/mol. The SMILES string of the molecule is CCCCc1nc(-c2nccn2C2CCN(C)C2)c(Cl)[nH]1. The van der Waals surface area contributed by atoms with Crippen LogP contribution in [0.15, 0.2) is 12.4 Å². The molecule has 1 N–H and O–H groups in total. The van der Waals surface area contributed by atoms with E-state index in [0.29, 0.717) is 11.2 Å². The summed E-state index contributed by atoms with van der Waals surface area (Å²) in [5.74, 6) is 1.83. The summed E-state index contributed by atoms with van der Waals surface area (Å²) in [5, 5.41) is 0.597. The maximum absolute atomic E-state index is 6.34. The van der Waals surface area contributed by atoms with E-state index >= 15 is 0 Å². The van der Waals surface area contributed by atoms with Gasteiger partial charge in [-0.3, -0.25) is 0 Å². The highest BCUT2D eigenvalue weighted by Gasteiger charge is 2.25. The lowest BCUT2D eigenvalue weighted by Gasteiger charge is -2.14. The summed E-state index contributed by atoms with van der Waals surface area (Å²) in [6, 6.07) is 0.458. The standard InChI is InChI=1S/C15H22ClN5/c1-3-4-5-12-18-13(14(16)19-12)15-17-7-9-21(15)11-6-8-20(2)10-11/h7,9,11H,3-6,8,10H2,1-2H3,(H,18,19). The van der Waals surface area contributed by atoms with Crippen LogP contribution in [0.2, 0.25) is 5.15 Å². The first-order chi connectivity index (χ1) is 10.2. The Balaban J connectivity index is 1.87. The van der Waals surface area contributed by atoms with Crippen LogP contribution in [0.1, 0.15) is 38.1 Å². The quantitative estimate of drug-likeness (QED) is 0.923. The van der Waals surface area contributed by atoms with E-state index in [1.807, 2.05) is 12.4 Å².